The van der Waals surface area contributed by atoms with Crippen LogP contribution in [0.25, 0.3) is 43.9 Å². The number of nitrogens with zero attached hydrogens (tertiary/aromatic N) is 8. The molecule has 3 aromatic carbocycles. The van der Waals surface area contributed by atoms with E-state index in [0.717, 1.165) is 89.5 Å². The van der Waals surface area contributed by atoms with Gasteiger partial charge >= 0.3 is 0 Å². The maximum absolute atomic E-state index is 12.2. The van der Waals surface area contributed by atoms with E-state index in [1.807, 2.05) is 85.5 Å². The van der Waals surface area contributed by atoms with Crippen molar-refractivity contribution < 1.29 is 19.2 Å². The van der Waals surface area contributed by atoms with Crippen molar-refractivity contribution in [2.24, 2.45) is 5.92 Å². The number of carbonyl (C=O) groups excluding carboxylic acids is 2. The molecular weight excluding hydrogens is 775 g/mol. The zero-order chi connectivity index (χ0) is 41.8. The van der Waals surface area contributed by atoms with Gasteiger partial charge in [0.2, 0.25) is 18.3 Å². The number of rotatable bonds is 10. The molecule has 2 aliphatic rings. The number of aryl methyl sites for hydroxylation is 1. The van der Waals surface area contributed by atoms with E-state index in [9.17, 15) is 14.7 Å². The number of hydrogen-bond acceptors (Lipinski definition) is 12. The van der Waals surface area contributed by atoms with E-state index in [-0.39, 0.29) is 17.7 Å². The molecule has 13 nitrogen and oxygen atoms in total. The van der Waals surface area contributed by atoms with Gasteiger partial charge in [-0.2, -0.15) is 0 Å². The van der Waals surface area contributed by atoms with E-state index in [1.54, 1.807) is 28.4 Å². The number of amides is 2. The summed E-state index contributed by atoms with van der Waals surface area (Å²) < 4.78 is 5.34. The Morgan fingerprint density at radius 1 is 0.900 bits per heavy atom. The van der Waals surface area contributed by atoms with E-state index < -0.39 is 0 Å². The molecule has 2 aliphatic heterocycles. The predicted octanol–water partition coefficient (Wildman–Crippen LogP) is 8.29. The Labute approximate surface area is 353 Å². The largest absolute Gasteiger partial charge is 0.507 e. The monoisotopic (exact) mass is 823 g/mol. The highest BCUT2D eigenvalue weighted by Gasteiger charge is 2.29. The van der Waals surface area contributed by atoms with Gasteiger partial charge in [0.15, 0.2) is 0 Å². The van der Waals surface area contributed by atoms with Crippen LogP contribution in [0.5, 0.6) is 5.75 Å². The number of aromatic nitrogens is 6. The Balaban J connectivity index is 0.000000138. The molecule has 0 radical (unpaired) electrons. The first-order chi connectivity index (χ1) is 29.2. The van der Waals surface area contributed by atoms with Crippen LogP contribution in [0.2, 0.25) is 0 Å². The van der Waals surface area contributed by atoms with E-state index >= 15 is 0 Å². The van der Waals surface area contributed by atoms with Crippen molar-refractivity contribution >= 4 is 40.5 Å². The van der Waals surface area contributed by atoms with Crippen molar-refractivity contribution in [1.82, 2.24) is 40.5 Å². The number of hydrogen-bond donors (Lipinski definition) is 2. The number of anilines is 1. The molecular formula is C46H49N9O4S. The lowest BCUT2D eigenvalue weighted by Crippen LogP contribution is -2.42. The number of para-hydroxylation sites is 1. The van der Waals surface area contributed by atoms with Crippen molar-refractivity contribution in [2.45, 2.75) is 65.5 Å². The minimum atomic E-state index is -0.313. The van der Waals surface area contributed by atoms with Crippen LogP contribution in [0.3, 0.4) is 0 Å². The molecule has 6 heterocycles. The number of fused-ring (bicyclic) bond motifs is 1. The summed E-state index contributed by atoms with van der Waals surface area (Å²) in [4.78, 5) is 41.2. The predicted molar refractivity (Wildman–Crippen MR) is 234 cm³/mol. The Morgan fingerprint density at radius 2 is 1.65 bits per heavy atom. The van der Waals surface area contributed by atoms with Gasteiger partial charge in [-0.1, -0.05) is 73.6 Å². The third-order valence-electron chi connectivity index (χ3n) is 10.3. The highest BCUT2D eigenvalue weighted by Crippen LogP contribution is 2.29. The number of carbonyl (C=O) groups is 2. The molecule has 308 valence electrons. The maximum atomic E-state index is 12.2. The third kappa shape index (κ3) is 10.5. The van der Waals surface area contributed by atoms with Crippen LogP contribution in [-0.2, 0) is 22.6 Å². The Morgan fingerprint density at radius 3 is 2.37 bits per heavy atom. The molecule has 2 N–H and O–H groups in total. The van der Waals surface area contributed by atoms with Crippen LogP contribution in [-0.4, -0.2) is 78.3 Å². The summed E-state index contributed by atoms with van der Waals surface area (Å²) in [5, 5.41) is 26.1. The molecule has 2 fully saturated rings. The smallest absolute Gasteiger partial charge is 0.243 e. The molecule has 2 amide bonds. The van der Waals surface area contributed by atoms with Crippen molar-refractivity contribution in [3.63, 3.8) is 0 Å². The standard InChI is InChI=1S/C17H19N3O2S.C15H20N4O.C14H10N2O/c1-12-16(23-10-19-12)14-6-4-13(5-7-14)9-18-17(22)15-3-2-8-20(15)11-21;1-11(2)7-13-8-14(18-20-13)12-9-16-15(17-10-12)19-5-3-4-6-19;17-14-8-4-2-6-11(14)13-9-10-5-1-3-7-12(10)15-16-13/h4-7,10-11,15H,2-3,8-9H2,1H3,(H,18,22);8-11H,3-7H2,1-2H3;1-9,17H. The molecule has 7 aromatic rings. The first kappa shape index (κ1) is 41.6. The van der Waals surface area contributed by atoms with Crippen molar-refractivity contribution in [2.75, 3.05) is 24.5 Å². The van der Waals surface area contributed by atoms with E-state index in [0.29, 0.717) is 30.3 Å². The topological polar surface area (TPSA) is 163 Å². The lowest BCUT2D eigenvalue weighted by atomic mass is 10.1. The molecule has 0 aliphatic carbocycles. The van der Waals surface area contributed by atoms with Gasteiger partial charge in [0.05, 0.1) is 27.3 Å². The fourth-order valence-corrected chi connectivity index (χ4v) is 7.96. The van der Waals surface area contributed by atoms with Gasteiger partial charge in [-0.15, -0.1) is 21.5 Å². The van der Waals surface area contributed by atoms with Crippen LogP contribution < -0.4 is 10.2 Å². The molecule has 4 aromatic heterocycles. The van der Waals surface area contributed by atoms with E-state index in [4.69, 9.17) is 4.52 Å². The van der Waals surface area contributed by atoms with Gasteiger partial charge in [0.25, 0.3) is 0 Å². The van der Waals surface area contributed by atoms with Crippen LogP contribution in [0.1, 0.15) is 56.5 Å². The number of likely N-dealkylation sites (tertiary alicyclic amines) is 1. The Kier molecular flexibility index (Phi) is 13.8. The summed E-state index contributed by atoms with van der Waals surface area (Å²) in [5.74, 6) is 2.44. The second kappa shape index (κ2) is 19.9. The number of thiazole rings is 1. The molecule has 0 bridgehead atoms. The summed E-state index contributed by atoms with van der Waals surface area (Å²) in [6, 6.07) is 26.6. The Bertz CT molecular complexity index is 2480. The summed E-state index contributed by atoms with van der Waals surface area (Å²) in [6.45, 7) is 9.59. The SMILES string of the molecule is CC(C)Cc1cc(-c2cnc(N3CCCC3)nc2)no1.Cc1ncsc1-c1ccc(CNC(=O)C2CCCN2C=O)cc1.Oc1ccccc1-c1cc2ccccc2nn1. The molecule has 2 saturated heterocycles. The average Bonchev–Trinajstić information content (AvgIpc) is 4.13. The molecule has 9 rings (SSSR count). The zero-order valence-corrected chi connectivity index (χ0v) is 34.9. The number of phenolic OH excluding ortho intramolecular Hbond substituents is 1. The minimum Gasteiger partial charge on any atom is -0.507 e. The van der Waals surface area contributed by atoms with Crippen LogP contribution >= 0.6 is 11.3 Å². The van der Waals surface area contributed by atoms with E-state index in [1.165, 1.54) is 17.7 Å². The fraction of sp³-hybridized carbons (Fsp3) is 0.304. The molecule has 14 heteroatoms. The quantitative estimate of drug-likeness (QED) is 0.128. The second-order valence-electron chi connectivity index (χ2n) is 15.2. The van der Waals surface area contributed by atoms with Crippen molar-refractivity contribution in [3.05, 3.63) is 120 Å². The van der Waals surface area contributed by atoms with Gasteiger partial charge in [-0.05, 0) is 73.9 Å². The lowest BCUT2D eigenvalue weighted by molar-refractivity contribution is -0.131. The summed E-state index contributed by atoms with van der Waals surface area (Å²) in [5.41, 5.74) is 9.02. The molecule has 0 saturated carbocycles. The van der Waals surface area contributed by atoms with Gasteiger partial charge in [-0.3, -0.25) is 9.59 Å². The molecule has 0 spiro atoms. The summed E-state index contributed by atoms with van der Waals surface area (Å²) >= 11 is 1.63. The lowest BCUT2D eigenvalue weighted by Gasteiger charge is -2.19. The molecule has 1 unspecified atom stereocenters. The number of aromatic hydroxyl groups is 1. The summed E-state index contributed by atoms with van der Waals surface area (Å²) in [7, 11) is 0. The first-order valence-corrected chi connectivity index (χ1v) is 21.2. The fourth-order valence-electron chi connectivity index (χ4n) is 7.14. The van der Waals surface area contributed by atoms with Gasteiger partial charge in [0.1, 0.15) is 23.2 Å². The van der Waals surface area contributed by atoms with Crippen LogP contribution in [0.15, 0.2) is 107 Å². The summed E-state index contributed by atoms with van der Waals surface area (Å²) in [6.07, 6.45) is 9.42. The molecule has 1 atom stereocenters. The molecule has 60 heavy (non-hydrogen) atoms. The highest BCUT2D eigenvalue weighted by molar-refractivity contribution is 7.13. The normalized spacial score (nSPS) is 14.7. The number of phenols is 1. The van der Waals surface area contributed by atoms with Gasteiger partial charge in [0, 0.05) is 67.6 Å². The van der Waals surface area contributed by atoms with Crippen LogP contribution in [0, 0.1) is 12.8 Å². The van der Waals surface area contributed by atoms with Gasteiger partial charge in [-0.25, -0.2) is 15.0 Å². The van der Waals surface area contributed by atoms with E-state index in [2.05, 4.69) is 66.5 Å². The number of nitrogens with one attached hydrogen (secondary N) is 1. The third-order valence-corrected chi connectivity index (χ3v) is 11.3. The van der Waals surface area contributed by atoms with Crippen molar-refractivity contribution in [3.8, 4) is 38.7 Å². The minimum absolute atomic E-state index is 0.0722. The zero-order valence-electron chi connectivity index (χ0n) is 34.1. The van der Waals surface area contributed by atoms with Gasteiger partial charge < -0.3 is 24.7 Å². The average molecular weight is 824 g/mol. The second-order valence-corrected chi connectivity index (χ2v) is 16.1. The maximum Gasteiger partial charge on any atom is 0.243 e. The Hall–Kier alpha value is -6.54. The number of benzene rings is 3. The van der Waals surface area contributed by atoms with Crippen molar-refractivity contribution in [1.29, 1.82) is 0 Å². The highest BCUT2D eigenvalue weighted by atomic mass is 32.1. The first-order valence-electron chi connectivity index (χ1n) is 20.3. The van der Waals surface area contributed by atoms with Crippen LogP contribution in [0.4, 0.5) is 5.95 Å².